The van der Waals surface area contributed by atoms with E-state index in [-0.39, 0.29) is 11.0 Å². The van der Waals surface area contributed by atoms with Gasteiger partial charge in [0.05, 0.1) is 11.0 Å². The van der Waals surface area contributed by atoms with Crippen molar-refractivity contribution in [1.29, 1.82) is 0 Å². The lowest BCUT2D eigenvalue weighted by molar-refractivity contribution is 0.116. The van der Waals surface area contributed by atoms with Gasteiger partial charge in [-0.1, -0.05) is 12.1 Å². The number of hydrogen-bond acceptors (Lipinski definition) is 4. The molecule has 0 spiro atoms. The maximum absolute atomic E-state index is 11.2. The van der Waals surface area contributed by atoms with Crippen LogP contribution in [0.2, 0.25) is 0 Å². The van der Waals surface area contributed by atoms with E-state index >= 15 is 0 Å². The molecule has 0 aliphatic heterocycles. The molecule has 0 unspecified atom stereocenters. The number of alkyl carbamates (subject to hydrolysis) is 1. The SMILES string of the molecule is CC(C)OC(=O)NCCc1ccc(S(N)(=O)=O)cc1. The highest BCUT2D eigenvalue weighted by molar-refractivity contribution is 7.89. The highest BCUT2D eigenvalue weighted by Crippen LogP contribution is 2.08. The van der Waals surface area contributed by atoms with Gasteiger partial charge >= 0.3 is 6.09 Å². The van der Waals surface area contributed by atoms with Gasteiger partial charge in [-0.3, -0.25) is 0 Å². The maximum Gasteiger partial charge on any atom is 0.407 e. The molecule has 1 amide bonds. The fourth-order valence-electron chi connectivity index (χ4n) is 1.41. The highest BCUT2D eigenvalue weighted by atomic mass is 32.2. The standard InChI is InChI=1S/C12H18N2O4S/c1-9(2)18-12(15)14-8-7-10-3-5-11(6-4-10)19(13,16)17/h3-6,9H,7-8H2,1-2H3,(H,14,15)(H2,13,16,17). The van der Waals surface area contributed by atoms with Crippen molar-refractivity contribution in [2.75, 3.05) is 6.54 Å². The zero-order chi connectivity index (χ0) is 14.5. The molecule has 106 valence electrons. The van der Waals surface area contributed by atoms with Gasteiger partial charge in [0.1, 0.15) is 0 Å². The first-order valence-corrected chi connectivity index (χ1v) is 7.40. The van der Waals surface area contributed by atoms with Crippen LogP contribution in [0.5, 0.6) is 0 Å². The summed E-state index contributed by atoms with van der Waals surface area (Å²) in [7, 11) is -3.66. The smallest absolute Gasteiger partial charge is 0.407 e. The van der Waals surface area contributed by atoms with Crippen molar-refractivity contribution in [2.45, 2.75) is 31.3 Å². The van der Waals surface area contributed by atoms with E-state index in [4.69, 9.17) is 9.88 Å². The van der Waals surface area contributed by atoms with Gasteiger partial charge in [0.15, 0.2) is 0 Å². The van der Waals surface area contributed by atoms with Gasteiger partial charge < -0.3 is 10.1 Å². The third-order valence-corrected chi connectivity index (χ3v) is 3.21. The van der Waals surface area contributed by atoms with E-state index in [0.29, 0.717) is 13.0 Å². The quantitative estimate of drug-likeness (QED) is 0.844. The Labute approximate surface area is 113 Å². The summed E-state index contributed by atoms with van der Waals surface area (Å²) >= 11 is 0. The number of amides is 1. The highest BCUT2D eigenvalue weighted by Gasteiger charge is 2.07. The summed E-state index contributed by atoms with van der Waals surface area (Å²) in [5, 5.41) is 7.59. The predicted octanol–water partition coefficient (Wildman–Crippen LogP) is 1.01. The van der Waals surface area contributed by atoms with Crippen LogP contribution < -0.4 is 10.5 Å². The van der Waals surface area contributed by atoms with Crippen molar-refractivity contribution in [3.05, 3.63) is 29.8 Å². The topological polar surface area (TPSA) is 98.5 Å². The van der Waals surface area contributed by atoms with Crippen molar-refractivity contribution >= 4 is 16.1 Å². The van der Waals surface area contributed by atoms with E-state index in [2.05, 4.69) is 5.32 Å². The second kappa shape index (κ2) is 6.53. The first kappa shape index (κ1) is 15.5. The molecule has 0 bridgehead atoms. The third-order valence-electron chi connectivity index (χ3n) is 2.28. The van der Waals surface area contributed by atoms with Gasteiger partial charge in [0, 0.05) is 6.54 Å². The summed E-state index contributed by atoms with van der Waals surface area (Å²) in [6.45, 7) is 3.96. The molecular formula is C12H18N2O4S. The van der Waals surface area contributed by atoms with Crippen LogP contribution >= 0.6 is 0 Å². The van der Waals surface area contributed by atoms with Crippen molar-refractivity contribution in [3.63, 3.8) is 0 Å². The third kappa shape index (κ3) is 5.71. The molecule has 3 N–H and O–H groups in total. The predicted molar refractivity (Wildman–Crippen MR) is 71.1 cm³/mol. The van der Waals surface area contributed by atoms with Gasteiger partial charge in [-0.2, -0.15) is 0 Å². The molecule has 0 atom stereocenters. The molecule has 1 rings (SSSR count). The molecule has 1 aromatic carbocycles. The minimum atomic E-state index is -3.66. The van der Waals surface area contributed by atoms with Crippen LogP contribution in [0.15, 0.2) is 29.2 Å². The van der Waals surface area contributed by atoms with E-state index < -0.39 is 16.1 Å². The molecule has 0 aromatic heterocycles. The van der Waals surface area contributed by atoms with E-state index in [9.17, 15) is 13.2 Å². The Morgan fingerprint density at radius 3 is 2.37 bits per heavy atom. The number of ether oxygens (including phenoxy) is 1. The van der Waals surface area contributed by atoms with Crippen LogP contribution in [-0.2, 0) is 21.2 Å². The van der Waals surface area contributed by atoms with Crippen LogP contribution in [0.3, 0.4) is 0 Å². The van der Waals surface area contributed by atoms with E-state index in [1.165, 1.54) is 12.1 Å². The molecule has 6 nitrogen and oxygen atoms in total. The summed E-state index contributed by atoms with van der Waals surface area (Å²) < 4.78 is 27.0. The zero-order valence-electron chi connectivity index (χ0n) is 10.9. The Hall–Kier alpha value is -1.60. The molecule has 0 saturated heterocycles. The number of nitrogens with one attached hydrogen (secondary N) is 1. The summed E-state index contributed by atoms with van der Waals surface area (Å²) in [4.78, 5) is 11.3. The molecule has 0 saturated carbocycles. The van der Waals surface area contributed by atoms with Crippen molar-refractivity contribution < 1.29 is 17.9 Å². The normalized spacial score (nSPS) is 11.4. The second-order valence-corrected chi connectivity index (χ2v) is 5.88. The summed E-state index contributed by atoms with van der Waals surface area (Å²) in [6, 6.07) is 6.21. The molecule has 0 aliphatic rings. The van der Waals surface area contributed by atoms with Crippen LogP contribution in [0.4, 0.5) is 4.79 Å². The zero-order valence-corrected chi connectivity index (χ0v) is 11.7. The first-order chi connectivity index (χ1) is 8.79. The Morgan fingerprint density at radius 1 is 1.32 bits per heavy atom. The molecule has 0 radical (unpaired) electrons. The second-order valence-electron chi connectivity index (χ2n) is 4.32. The number of primary sulfonamides is 1. The van der Waals surface area contributed by atoms with Gasteiger partial charge in [-0.15, -0.1) is 0 Å². The number of benzene rings is 1. The number of carbonyl (C=O) groups is 1. The number of rotatable bonds is 5. The number of carbonyl (C=O) groups excluding carboxylic acids is 1. The summed E-state index contributed by atoms with van der Waals surface area (Å²) in [6.07, 6.45) is -0.0387. The largest absolute Gasteiger partial charge is 0.447 e. The Bertz CT molecular complexity index is 523. The molecule has 0 heterocycles. The van der Waals surface area contributed by atoms with Crippen LogP contribution in [0.1, 0.15) is 19.4 Å². The fraction of sp³-hybridized carbons (Fsp3) is 0.417. The molecule has 19 heavy (non-hydrogen) atoms. The Kier molecular flexibility index (Phi) is 5.31. The van der Waals surface area contributed by atoms with E-state index in [1.807, 2.05) is 0 Å². The molecular weight excluding hydrogens is 268 g/mol. The molecule has 0 fully saturated rings. The van der Waals surface area contributed by atoms with Crippen LogP contribution in [-0.4, -0.2) is 27.2 Å². The average molecular weight is 286 g/mol. The molecule has 0 aliphatic carbocycles. The lowest BCUT2D eigenvalue weighted by Gasteiger charge is -2.09. The maximum atomic E-state index is 11.2. The van der Waals surface area contributed by atoms with Crippen LogP contribution in [0, 0.1) is 0 Å². The lowest BCUT2D eigenvalue weighted by atomic mass is 10.1. The van der Waals surface area contributed by atoms with Gasteiger partial charge in [-0.25, -0.2) is 18.4 Å². The molecule has 7 heteroatoms. The molecule has 1 aromatic rings. The Balaban J connectivity index is 2.45. The lowest BCUT2D eigenvalue weighted by Crippen LogP contribution is -2.28. The monoisotopic (exact) mass is 286 g/mol. The number of sulfonamides is 1. The fourth-order valence-corrected chi connectivity index (χ4v) is 1.93. The van der Waals surface area contributed by atoms with Crippen molar-refractivity contribution in [1.82, 2.24) is 5.32 Å². The minimum absolute atomic E-state index is 0.0726. The first-order valence-electron chi connectivity index (χ1n) is 5.85. The minimum Gasteiger partial charge on any atom is -0.447 e. The van der Waals surface area contributed by atoms with E-state index in [0.717, 1.165) is 5.56 Å². The van der Waals surface area contributed by atoms with Gasteiger partial charge in [0.2, 0.25) is 10.0 Å². The Morgan fingerprint density at radius 2 is 1.89 bits per heavy atom. The average Bonchev–Trinajstić information content (AvgIpc) is 2.27. The summed E-state index contributed by atoms with van der Waals surface area (Å²) in [5.74, 6) is 0. The number of hydrogen-bond donors (Lipinski definition) is 2. The summed E-state index contributed by atoms with van der Waals surface area (Å²) in [5.41, 5.74) is 0.900. The van der Waals surface area contributed by atoms with Crippen molar-refractivity contribution in [3.8, 4) is 0 Å². The van der Waals surface area contributed by atoms with Gasteiger partial charge in [-0.05, 0) is 38.0 Å². The van der Waals surface area contributed by atoms with Gasteiger partial charge in [0.25, 0.3) is 0 Å². The van der Waals surface area contributed by atoms with E-state index in [1.54, 1.807) is 26.0 Å². The van der Waals surface area contributed by atoms with Crippen molar-refractivity contribution in [2.24, 2.45) is 5.14 Å². The number of nitrogens with two attached hydrogens (primary N) is 1. The van der Waals surface area contributed by atoms with Crippen LogP contribution in [0.25, 0.3) is 0 Å².